The van der Waals surface area contributed by atoms with E-state index in [1.54, 1.807) is 0 Å². The fourth-order valence-electron chi connectivity index (χ4n) is 1.93. The topological polar surface area (TPSA) is 104 Å². The Morgan fingerprint density at radius 3 is 2.36 bits per heavy atom. The van der Waals surface area contributed by atoms with Crippen LogP contribution in [0.1, 0.15) is 21.5 Å². The Morgan fingerprint density at radius 2 is 1.80 bits per heavy atom. The lowest BCUT2D eigenvalue weighted by atomic mass is 10.1. The van der Waals surface area contributed by atoms with Crippen LogP contribution in [0.25, 0.3) is 0 Å². The third-order valence-corrected chi connectivity index (χ3v) is 3.23. The molecule has 2 aromatic rings. The number of hydrogen-bond acceptors (Lipinski definition) is 5. The van der Waals surface area contributed by atoms with Gasteiger partial charge in [-0.25, -0.2) is 5.43 Å². The highest BCUT2D eigenvalue weighted by molar-refractivity contribution is 5.93. The zero-order chi connectivity index (χ0) is 18.6. The van der Waals surface area contributed by atoms with Crippen molar-refractivity contribution in [1.29, 1.82) is 0 Å². The lowest BCUT2D eigenvalue weighted by molar-refractivity contribution is -0.384. The van der Waals surface area contributed by atoms with E-state index in [1.807, 2.05) is 0 Å². The molecule has 3 N–H and O–H groups in total. The van der Waals surface area contributed by atoms with Crippen molar-refractivity contribution < 1.29 is 28.0 Å². The number of hydrogen-bond donors (Lipinski definition) is 3. The van der Waals surface area contributed by atoms with Gasteiger partial charge in [-0.05, 0) is 30.3 Å². The van der Waals surface area contributed by atoms with Crippen LogP contribution in [0, 0.1) is 10.1 Å². The molecule has 2 aromatic carbocycles. The number of alkyl halides is 3. The van der Waals surface area contributed by atoms with Crippen molar-refractivity contribution in [2.45, 2.75) is 12.7 Å². The molecule has 2 rings (SSSR count). The molecule has 0 spiro atoms. The number of nitro groups is 1. The normalized spacial score (nSPS) is 11.2. The molecule has 1 amide bonds. The minimum absolute atomic E-state index is 0.0104. The van der Waals surface area contributed by atoms with E-state index >= 15 is 0 Å². The molecule has 0 bridgehead atoms. The van der Waals surface area contributed by atoms with Gasteiger partial charge < -0.3 is 5.11 Å². The van der Waals surface area contributed by atoms with E-state index in [9.17, 15) is 33.2 Å². The van der Waals surface area contributed by atoms with Gasteiger partial charge in [0.1, 0.15) is 5.75 Å². The maximum atomic E-state index is 12.5. The summed E-state index contributed by atoms with van der Waals surface area (Å²) in [7, 11) is 0. The Balaban J connectivity index is 1.97. The Bertz CT molecular complexity index is 792. The second kappa shape index (κ2) is 7.18. The van der Waals surface area contributed by atoms with E-state index in [2.05, 4.69) is 10.9 Å². The predicted molar refractivity (Wildman–Crippen MR) is 80.5 cm³/mol. The fraction of sp³-hybridized carbons (Fsp3) is 0.133. The van der Waals surface area contributed by atoms with Crippen molar-refractivity contribution in [3.8, 4) is 5.75 Å². The van der Waals surface area contributed by atoms with Gasteiger partial charge in [-0.15, -0.1) is 0 Å². The van der Waals surface area contributed by atoms with Crippen LogP contribution in [0.15, 0.2) is 42.5 Å². The zero-order valence-corrected chi connectivity index (χ0v) is 12.5. The summed E-state index contributed by atoms with van der Waals surface area (Å²) < 4.78 is 37.4. The maximum absolute atomic E-state index is 12.5. The number of phenols is 1. The summed E-state index contributed by atoms with van der Waals surface area (Å²) >= 11 is 0. The van der Waals surface area contributed by atoms with Crippen LogP contribution >= 0.6 is 0 Å². The van der Waals surface area contributed by atoms with Gasteiger partial charge >= 0.3 is 6.18 Å². The highest BCUT2D eigenvalue weighted by atomic mass is 19.4. The number of carbonyl (C=O) groups excluding carboxylic acids is 1. The van der Waals surface area contributed by atoms with E-state index in [0.29, 0.717) is 0 Å². The highest BCUT2D eigenvalue weighted by Gasteiger charge is 2.30. The molecule has 0 fully saturated rings. The Morgan fingerprint density at radius 1 is 1.16 bits per heavy atom. The Hall–Kier alpha value is -3.14. The van der Waals surface area contributed by atoms with Gasteiger partial charge in [0.25, 0.3) is 11.6 Å². The first-order valence-electron chi connectivity index (χ1n) is 6.85. The fourth-order valence-corrected chi connectivity index (χ4v) is 1.93. The van der Waals surface area contributed by atoms with Crippen LogP contribution in [0.4, 0.5) is 18.9 Å². The van der Waals surface area contributed by atoms with Crippen molar-refractivity contribution in [2.24, 2.45) is 0 Å². The molecule has 7 nitrogen and oxygen atoms in total. The van der Waals surface area contributed by atoms with E-state index in [-0.39, 0.29) is 29.1 Å². The summed E-state index contributed by atoms with van der Waals surface area (Å²) in [5.74, 6) is -0.902. The molecule has 0 unspecified atom stereocenters. The van der Waals surface area contributed by atoms with Crippen LogP contribution in [0.5, 0.6) is 5.75 Å². The monoisotopic (exact) mass is 355 g/mol. The minimum Gasteiger partial charge on any atom is -0.508 e. The highest BCUT2D eigenvalue weighted by Crippen LogP contribution is 2.29. The molecule has 0 aromatic heterocycles. The van der Waals surface area contributed by atoms with Gasteiger partial charge in [0.2, 0.25) is 0 Å². The van der Waals surface area contributed by atoms with Gasteiger partial charge in [-0.3, -0.25) is 20.3 Å². The van der Waals surface area contributed by atoms with Crippen LogP contribution in [0.2, 0.25) is 0 Å². The van der Waals surface area contributed by atoms with E-state index in [0.717, 1.165) is 42.5 Å². The Labute approximate surface area is 139 Å². The number of amides is 1. The minimum atomic E-state index is -4.49. The summed E-state index contributed by atoms with van der Waals surface area (Å²) in [6, 6.07) is 7.00. The number of hydrazine groups is 1. The molecular formula is C15H12F3N3O4. The number of phenolic OH excluding ortho intramolecular Hbond substituents is 1. The van der Waals surface area contributed by atoms with Gasteiger partial charge in [0.05, 0.1) is 10.5 Å². The largest absolute Gasteiger partial charge is 0.508 e. The molecule has 25 heavy (non-hydrogen) atoms. The number of carbonyl (C=O) groups is 1. The molecular weight excluding hydrogens is 343 g/mol. The van der Waals surface area contributed by atoms with Crippen molar-refractivity contribution >= 4 is 11.6 Å². The summed E-state index contributed by atoms with van der Waals surface area (Å²) in [4.78, 5) is 21.9. The first-order chi connectivity index (χ1) is 11.7. The SMILES string of the molecule is O=C(NNCc1cc([N+](=O)[O-])ccc1O)c1ccc(C(F)(F)F)cc1. The average molecular weight is 355 g/mol. The summed E-state index contributed by atoms with van der Waals surface area (Å²) in [6.07, 6.45) is -4.49. The van der Waals surface area contributed by atoms with Crippen molar-refractivity contribution in [1.82, 2.24) is 10.9 Å². The third kappa shape index (κ3) is 4.67. The number of benzene rings is 2. The van der Waals surface area contributed by atoms with Crippen molar-refractivity contribution in [3.63, 3.8) is 0 Å². The molecule has 0 saturated heterocycles. The molecule has 0 atom stereocenters. The zero-order valence-electron chi connectivity index (χ0n) is 12.5. The number of halogens is 3. The maximum Gasteiger partial charge on any atom is 0.416 e. The van der Waals surface area contributed by atoms with Crippen LogP contribution in [-0.4, -0.2) is 15.9 Å². The van der Waals surface area contributed by atoms with Gasteiger partial charge in [-0.2, -0.15) is 13.2 Å². The van der Waals surface area contributed by atoms with Gasteiger partial charge in [-0.1, -0.05) is 0 Å². The van der Waals surface area contributed by atoms with Crippen LogP contribution in [-0.2, 0) is 12.7 Å². The second-order valence-corrected chi connectivity index (χ2v) is 4.95. The molecule has 0 aliphatic rings. The predicted octanol–water partition coefficient (Wildman–Crippen LogP) is 2.75. The van der Waals surface area contributed by atoms with Gasteiger partial charge in [0, 0.05) is 29.8 Å². The number of aromatic hydroxyl groups is 1. The molecule has 0 aliphatic heterocycles. The van der Waals surface area contributed by atoms with E-state index in [4.69, 9.17) is 0 Å². The summed E-state index contributed by atoms with van der Waals surface area (Å²) in [5, 5.41) is 20.3. The van der Waals surface area contributed by atoms with Crippen molar-refractivity contribution in [2.75, 3.05) is 0 Å². The summed E-state index contributed by atoms with van der Waals surface area (Å²) in [6.45, 7) is -0.125. The Kier molecular flexibility index (Phi) is 5.22. The molecule has 10 heteroatoms. The first-order valence-corrected chi connectivity index (χ1v) is 6.85. The molecule has 0 radical (unpaired) electrons. The molecule has 0 heterocycles. The average Bonchev–Trinajstić information content (AvgIpc) is 2.55. The standard InChI is InChI=1S/C15H12F3N3O4/c16-15(17,18)11-3-1-9(2-4-11)14(23)20-19-8-10-7-12(21(24)25)5-6-13(10)22/h1-7,19,22H,8H2,(H,20,23). The number of nitrogens with one attached hydrogen (secondary N) is 2. The van der Waals surface area contributed by atoms with Gasteiger partial charge in [0.15, 0.2) is 0 Å². The molecule has 132 valence electrons. The first kappa shape index (κ1) is 18.2. The smallest absolute Gasteiger partial charge is 0.416 e. The summed E-state index contributed by atoms with van der Waals surface area (Å²) in [5.41, 5.74) is 3.73. The van der Waals surface area contributed by atoms with Crippen molar-refractivity contribution in [3.05, 3.63) is 69.3 Å². The van der Waals surface area contributed by atoms with E-state index in [1.165, 1.54) is 0 Å². The van der Waals surface area contributed by atoms with Crippen LogP contribution < -0.4 is 10.9 Å². The number of nitrogens with zero attached hydrogens (tertiary/aromatic N) is 1. The number of non-ortho nitro benzene ring substituents is 1. The molecule has 0 aliphatic carbocycles. The second-order valence-electron chi connectivity index (χ2n) is 4.95. The lowest BCUT2D eigenvalue weighted by Gasteiger charge is -2.10. The van der Waals surface area contributed by atoms with Crippen LogP contribution in [0.3, 0.4) is 0 Å². The van der Waals surface area contributed by atoms with E-state index < -0.39 is 22.6 Å². The quantitative estimate of drug-likeness (QED) is 0.565. The third-order valence-electron chi connectivity index (χ3n) is 3.23. The number of rotatable bonds is 5. The number of nitro benzene ring substituents is 1. The lowest BCUT2D eigenvalue weighted by Crippen LogP contribution is -2.36. The molecule has 0 saturated carbocycles.